The van der Waals surface area contributed by atoms with Crippen molar-refractivity contribution < 1.29 is 35.2 Å². The van der Waals surface area contributed by atoms with Gasteiger partial charge in [0, 0.05) is 13.0 Å². The molecule has 5 nitrogen and oxygen atoms in total. The fourth-order valence-electron chi connectivity index (χ4n) is 1.85. The second kappa shape index (κ2) is 8.80. The maximum Gasteiger partial charge on any atom is 0.414 e. The van der Waals surface area contributed by atoms with E-state index >= 15 is 0 Å². The summed E-state index contributed by atoms with van der Waals surface area (Å²) in [5.74, 6) is 0. The summed E-state index contributed by atoms with van der Waals surface area (Å²) in [6, 6.07) is 5.81. The average molecular weight is 370 g/mol. The van der Waals surface area contributed by atoms with E-state index in [1.807, 2.05) is 0 Å². The molecule has 0 aliphatic rings. The summed E-state index contributed by atoms with van der Waals surface area (Å²) in [4.78, 5) is -0.111. The van der Waals surface area contributed by atoms with E-state index in [1.165, 1.54) is 19.1 Å². The van der Waals surface area contributed by atoms with Crippen molar-refractivity contribution in [1.82, 2.24) is 0 Å². The Labute approximate surface area is 139 Å². The maximum absolute atomic E-state index is 12.9. The summed E-state index contributed by atoms with van der Waals surface area (Å²) >= 11 is 0. The van der Waals surface area contributed by atoms with E-state index in [-0.39, 0.29) is 11.5 Å². The average Bonchev–Trinajstić information content (AvgIpc) is 2.46. The Balaban J connectivity index is 2.65. The summed E-state index contributed by atoms with van der Waals surface area (Å²) in [6.07, 6.45) is -8.54. The van der Waals surface area contributed by atoms with Crippen LogP contribution in [0.4, 0.5) is 13.2 Å². The lowest BCUT2D eigenvalue weighted by Crippen LogP contribution is -2.36. The van der Waals surface area contributed by atoms with Gasteiger partial charge in [0.05, 0.1) is 11.5 Å². The van der Waals surface area contributed by atoms with Gasteiger partial charge in [-0.3, -0.25) is 4.18 Å². The highest BCUT2D eigenvalue weighted by Gasteiger charge is 2.41. The van der Waals surface area contributed by atoms with Crippen molar-refractivity contribution in [1.29, 1.82) is 0 Å². The standard InChI is InChI=1S/C15H21F3O5S/c1-4-21-12(3)23-14(15(16,17)18)9-10-22-24(19,20)13-7-5-11(2)6-8-13/h5-8,12,14H,4,9-10H2,1-3H3. The Bertz CT molecular complexity index is 599. The number of benzene rings is 1. The topological polar surface area (TPSA) is 61.8 Å². The molecule has 2 atom stereocenters. The predicted molar refractivity (Wildman–Crippen MR) is 80.9 cm³/mol. The lowest BCUT2D eigenvalue weighted by Gasteiger charge is -2.24. The van der Waals surface area contributed by atoms with Crippen LogP contribution in [0.3, 0.4) is 0 Å². The van der Waals surface area contributed by atoms with Gasteiger partial charge in [0.25, 0.3) is 10.1 Å². The monoisotopic (exact) mass is 370 g/mol. The fourth-order valence-corrected chi connectivity index (χ4v) is 2.77. The fraction of sp³-hybridized carbons (Fsp3) is 0.600. The quantitative estimate of drug-likeness (QED) is 0.492. The van der Waals surface area contributed by atoms with Gasteiger partial charge in [-0.25, -0.2) is 0 Å². The van der Waals surface area contributed by atoms with Gasteiger partial charge in [0.15, 0.2) is 12.4 Å². The van der Waals surface area contributed by atoms with E-state index < -0.39 is 41.7 Å². The largest absolute Gasteiger partial charge is 0.414 e. The molecule has 9 heteroatoms. The molecule has 0 bridgehead atoms. The molecule has 0 fully saturated rings. The van der Waals surface area contributed by atoms with Gasteiger partial charge in [-0.05, 0) is 32.9 Å². The molecule has 0 heterocycles. The summed E-state index contributed by atoms with van der Waals surface area (Å²) in [7, 11) is -4.11. The molecule has 0 N–H and O–H groups in total. The number of hydrogen-bond donors (Lipinski definition) is 0. The molecule has 138 valence electrons. The highest BCUT2D eigenvalue weighted by Crippen LogP contribution is 2.27. The highest BCUT2D eigenvalue weighted by molar-refractivity contribution is 7.86. The van der Waals surface area contributed by atoms with Crippen LogP contribution in [0.25, 0.3) is 0 Å². The second-order valence-corrected chi connectivity index (χ2v) is 6.68. The molecular weight excluding hydrogens is 349 g/mol. The van der Waals surface area contributed by atoms with Crippen LogP contribution in [0, 0.1) is 6.92 Å². The molecule has 0 amide bonds. The van der Waals surface area contributed by atoms with Gasteiger partial charge in [-0.2, -0.15) is 21.6 Å². The van der Waals surface area contributed by atoms with E-state index in [9.17, 15) is 21.6 Å². The third kappa shape index (κ3) is 6.76. The van der Waals surface area contributed by atoms with E-state index in [0.29, 0.717) is 0 Å². The van der Waals surface area contributed by atoms with Crippen molar-refractivity contribution in [2.45, 2.75) is 50.7 Å². The molecule has 0 aliphatic carbocycles. The maximum atomic E-state index is 12.9. The number of rotatable bonds is 9. The summed E-state index contributed by atoms with van der Waals surface area (Å²) in [5, 5.41) is 0. The van der Waals surface area contributed by atoms with Crippen LogP contribution in [-0.4, -0.2) is 40.2 Å². The zero-order valence-electron chi connectivity index (χ0n) is 13.7. The van der Waals surface area contributed by atoms with Crippen LogP contribution < -0.4 is 0 Å². The SMILES string of the molecule is CCOC(C)OC(CCOS(=O)(=O)c1ccc(C)cc1)C(F)(F)F. The molecule has 1 aromatic carbocycles. The van der Waals surface area contributed by atoms with Crippen molar-refractivity contribution in [3.05, 3.63) is 29.8 Å². The smallest absolute Gasteiger partial charge is 0.353 e. The van der Waals surface area contributed by atoms with Crippen molar-refractivity contribution in [3.8, 4) is 0 Å². The first kappa shape index (κ1) is 20.9. The lowest BCUT2D eigenvalue weighted by atomic mass is 10.2. The van der Waals surface area contributed by atoms with Crippen LogP contribution in [0.1, 0.15) is 25.8 Å². The Morgan fingerprint density at radius 3 is 2.25 bits per heavy atom. The van der Waals surface area contributed by atoms with Crippen LogP contribution in [-0.2, 0) is 23.8 Å². The van der Waals surface area contributed by atoms with E-state index in [0.717, 1.165) is 5.56 Å². The number of ether oxygens (including phenoxy) is 2. The number of alkyl halides is 3. The van der Waals surface area contributed by atoms with Gasteiger partial charge >= 0.3 is 6.18 Å². The van der Waals surface area contributed by atoms with Crippen molar-refractivity contribution in [2.75, 3.05) is 13.2 Å². The lowest BCUT2D eigenvalue weighted by molar-refractivity contribution is -0.269. The molecule has 1 rings (SSSR count). The second-order valence-electron chi connectivity index (χ2n) is 5.07. The minimum Gasteiger partial charge on any atom is -0.353 e. The van der Waals surface area contributed by atoms with Crippen LogP contribution in [0.15, 0.2) is 29.2 Å². The molecule has 1 aromatic rings. The third-order valence-electron chi connectivity index (χ3n) is 3.05. The Morgan fingerprint density at radius 2 is 1.75 bits per heavy atom. The van der Waals surface area contributed by atoms with E-state index in [1.54, 1.807) is 26.0 Å². The van der Waals surface area contributed by atoms with Gasteiger partial charge < -0.3 is 9.47 Å². The van der Waals surface area contributed by atoms with Crippen molar-refractivity contribution >= 4 is 10.1 Å². The minimum absolute atomic E-state index is 0.111. The third-order valence-corrected chi connectivity index (χ3v) is 4.38. The van der Waals surface area contributed by atoms with Crippen LogP contribution in [0.5, 0.6) is 0 Å². The predicted octanol–water partition coefficient (Wildman–Crippen LogP) is 3.42. The Kier molecular flexibility index (Phi) is 7.65. The molecule has 0 aromatic heterocycles. The zero-order chi connectivity index (χ0) is 18.4. The van der Waals surface area contributed by atoms with Crippen molar-refractivity contribution in [3.63, 3.8) is 0 Å². The molecule has 0 saturated heterocycles. The summed E-state index contributed by atoms with van der Waals surface area (Å²) in [5.41, 5.74) is 0.851. The zero-order valence-corrected chi connectivity index (χ0v) is 14.5. The molecule has 0 spiro atoms. The van der Waals surface area contributed by atoms with E-state index in [4.69, 9.17) is 9.47 Å². The molecule has 24 heavy (non-hydrogen) atoms. The van der Waals surface area contributed by atoms with Crippen molar-refractivity contribution in [2.24, 2.45) is 0 Å². The van der Waals surface area contributed by atoms with Gasteiger partial charge in [0.2, 0.25) is 0 Å². The normalized spacial score (nSPS) is 15.2. The molecular formula is C15H21F3O5S. The molecule has 0 saturated carbocycles. The summed E-state index contributed by atoms with van der Waals surface area (Å²) < 4.78 is 77.0. The first-order valence-electron chi connectivity index (χ1n) is 7.36. The molecule has 2 unspecified atom stereocenters. The van der Waals surface area contributed by atoms with Gasteiger partial charge in [-0.1, -0.05) is 17.7 Å². The minimum atomic E-state index is -4.65. The Morgan fingerprint density at radius 1 is 1.17 bits per heavy atom. The van der Waals surface area contributed by atoms with Gasteiger partial charge in [0.1, 0.15) is 0 Å². The van der Waals surface area contributed by atoms with Gasteiger partial charge in [-0.15, -0.1) is 0 Å². The number of aryl methyl sites for hydroxylation is 1. The Hall–Kier alpha value is -1.16. The van der Waals surface area contributed by atoms with E-state index in [2.05, 4.69) is 4.18 Å². The first-order chi connectivity index (χ1) is 11.1. The number of halogens is 3. The molecule has 0 radical (unpaired) electrons. The highest BCUT2D eigenvalue weighted by atomic mass is 32.2. The summed E-state index contributed by atoms with van der Waals surface area (Å²) in [6.45, 7) is 4.29. The molecule has 0 aliphatic heterocycles. The number of hydrogen-bond acceptors (Lipinski definition) is 5. The van der Waals surface area contributed by atoms with Crippen LogP contribution in [0.2, 0.25) is 0 Å². The van der Waals surface area contributed by atoms with Crippen LogP contribution >= 0.6 is 0 Å². The first-order valence-corrected chi connectivity index (χ1v) is 8.77.